The topological polar surface area (TPSA) is 83.5 Å². The number of nitrogens with one attached hydrogen (secondary N) is 1. The van der Waals surface area contributed by atoms with E-state index in [1.165, 1.54) is 28.6 Å². The Hall–Kier alpha value is -2.42. The van der Waals surface area contributed by atoms with Gasteiger partial charge in [-0.1, -0.05) is 36.8 Å². The summed E-state index contributed by atoms with van der Waals surface area (Å²) in [5, 5.41) is 1.79. The van der Waals surface area contributed by atoms with E-state index in [2.05, 4.69) is 4.72 Å². The molecule has 0 atom stereocenters. The first-order valence-corrected chi connectivity index (χ1v) is 12.4. The second kappa shape index (κ2) is 7.78. The Balaban J connectivity index is 1.55. The van der Waals surface area contributed by atoms with Crippen molar-refractivity contribution >= 4 is 36.5 Å². The van der Waals surface area contributed by atoms with E-state index < -0.39 is 20.0 Å². The lowest BCUT2D eigenvalue weighted by Crippen LogP contribution is -2.35. The fraction of sp³-hybridized carbons (Fsp3) is 0.238. The number of rotatable bonds is 5. The van der Waals surface area contributed by atoms with Crippen LogP contribution in [0.3, 0.4) is 0 Å². The number of sulfonamides is 2. The van der Waals surface area contributed by atoms with Gasteiger partial charge in [0.05, 0.1) is 9.79 Å². The van der Waals surface area contributed by atoms with Crippen molar-refractivity contribution in [1.82, 2.24) is 4.31 Å². The van der Waals surface area contributed by atoms with Gasteiger partial charge in [-0.05, 0) is 60.0 Å². The van der Waals surface area contributed by atoms with Crippen LogP contribution in [0.5, 0.6) is 0 Å². The van der Waals surface area contributed by atoms with Crippen molar-refractivity contribution < 1.29 is 16.8 Å². The monoisotopic (exact) mass is 430 g/mol. The van der Waals surface area contributed by atoms with Gasteiger partial charge in [0.15, 0.2) is 0 Å². The summed E-state index contributed by atoms with van der Waals surface area (Å²) < 4.78 is 54.9. The molecule has 1 N–H and O–H groups in total. The molecule has 1 aliphatic rings. The molecular formula is C21H22N2O4S2. The quantitative estimate of drug-likeness (QED) is 0.667. The van der Waals surface area contributed by atoms with Crippen molar-refractivity contribution in [2.45, 2.75) is 29.1 Å². The predicted octanol–water partition coefficient (Wildman–Crippen LogP) is 3.82. The van der Waals surface area contributed by atoms with E-state index in [1.54, 1.807) is 18.2 Å². The molecule has 1 heterocycles. The Labute approximate surface area is 171 Å². The third kappa shape index (κ3) is 4.14. The maximum atomic E-state index is 12.7. The highest BCUT2D eigenvalue weighted by molar-refractivity contribution is 7.92. The average molecular weight is 431 g/mol. The zero-order chi connectivity index (χ0) is 20.5. The van der Waals surface area contributed by atoms with Gasteiger partial charge in [-0.25, -0.2) is 16.8 Å². The van der Waals surface area contributed by atoms with Gasteiger partial charge in [-0.3, -0.25) is 4.72 Å². The molecule has 0 radical (unpaired) electrons. The van der Waals surface area contributed by atoms with Crippen LogP contribution in [-0.2, 0) is 20.0 Å². The Bertz CT molecular complexity index is 1230. The Morgan fingerprint density at radius 1 is 0.690 bits per heavy atom. The first kappa shape index (κ1) is 19.9. The molecule has 0 saturated carbocycles. The van der Waals surface area contributed by atoms with Gasteiger partial charge in [-0.15, -0.1) is 0 Å². The van der Waals surface area contributed by atoms with E-state index in [0.717, 1.165) is 30.0 Å². The summed E-state index contributed by atoms with van der Waals surface area (Å²) >= 11 is 0. The molecule has 1 saturated heterocycles. The number of hydrogen-bond acceptors (Lipinski definition) is 4. The number of fused-ring (bicyclic) bond motifs is 1. The molecule has 29 heavy (non-hydrogen) atoms. The maximum absolute atomic E-state index is 12.7. The molecule has 1 aliphatic heterocycles. The summed E-state index contributed by atoms with van der Waals surface area (Å²) in [6.07, 6.45) is 2.77. The fourth-order valence-electron chi connectivity index (χ4n) is 3.50. The number of anilines is 1. The first-order valence-electron chi connectivity index (χ1n) is 9.48. The highest BCUT2D eigenvalue weighted by Crippen LogP contribution is 2.24. The van der Waals surface area contributed by atoms with Crippen LogP contribution in [0.2, 0.25) is 0 Å². The zero-order valence-corrected chi connectivity index (χ0v) is 17.4. The second-order valence-electron chi connectivity index (χ2n) is 7.10. The molecule has 152 valence electrons. The Morgan fingerprint density at radius 2 is 1.31 bits per heavy atom. The van der Waals surface area contributed by atoms with Crippen LogP contribution in [0, 0.1) is 0 Å². The zero-order valence-electron chi connectivity index (χ0n) is 15.8. The number of hydrogen-bond donors (Lipinski definition) is 1. The fourth-order valence-corrected chi connectivity index (χ4v) is 6.11. The predicted molar refractivity (Wildman–Crippen MR) is 114 cm³/mol. The van der Waals surface area contributed by atoms with E-state index >= 15 is 0 Å². The lowest BCUT2D eigenvalue weighted by Gasteiger charge is -2.25. The molecule has 1 fully saturated rings. The lowest BCUT2D eigenvalue weighted by atomic mass is 10.1. The molecule has 3 aromatic rings. The van der Waals surface area contributed by atoms with E-state index in [1.807, 2.05) is 24.3 Å². The molecule has 0 amide bonds. The van der Waals surface area contributed by atoms with Gasteiger partial charge < -0.3 is 0 Å². The van der Waals surface area contributed by atoms with Gasteiger partial charge in [0.25, 0.3) is 10.0 Å². The lowest BCUT2D eigenvalue weighted by molar-refractivity contribution is 0.346. The van der Waals surface area contributed by atoms with Crippen LogP contribution in [0.4, 0.5) is 5.69 Å². The van der Waals surface area contributed by atoms with Crippen LogP contribution < -0.4 is 4.72 Å². The van der Waals surface area contributed by atoms with Gasteiger partial charge in [-0.2, -0.15) is 4.31 Å². The molecule has 6 nitrogen and oxygen atoms in total. The summed E-state index contributed by atoms with van der Waals surface area (Å²) in [6, 6.07) is 18.3. The van der Waals surface area contributed by atoms with Crippen LogP contribution in [0.1, 0.15) is 19.3 Å². The minimum Gasteiger partial charge on any atom is -0.280 e. The molecule has 0 spiro atoms. The van der Waals surface area contributed by atoms with Gasteiger partial charge in [0, 0.05) is 18.8 Å². The highest BCUT2D eigenvalue weighted by Gasteiger charge is 2.26. The van der Waals surface area contributed by atoms with E-state index in [4.69, 9.17) is 0 Å². The number of benzene rings is 3. The highest BCUT2D eigenvalue weighted by atomic mass is 32.2. The summed E-state index contributed by atoms with van der Waals surface area (Å²) in [6.45, 7) is 1.05. The smallest absolute Gasteiger partial charge is 0.261 e. The third-order valence-corrected chi connectivity index (χ3v) is 8.38. The van der Waals surface area contributed by atoms with Gasteiger partial charge in [0.2, 0.25) is 10.0 Å². The molecule has 0 aliphatic carbocycles. The largest absolute Gasteiger partial charge is 0.280 e. The molecular weight excluding hydrogens is 408 g/mol. The molecule has 4 rings (SSSR count). The molecule has 0 unspecified atom stereocenters. The van der Waals surface area contributed by atoms with Crippen molar-refractivity contribution in [3.05, 3.63) is 66.7 Å². The van der Waals surface area contributed by atoms with Gasteiger partial charge in [0.1, 0.15) is 0 Å². The summed E-state index contributed by atoms with van der Waals surface area (Å²) in [5.41, 5.74) is 0.316. The van der Waals surface area contributed by atoms with E-state index in [9.17, 15) is 16.8 Å². The first-order chi connectivity index (χ1) is 13.9. The minimum absolute atomic E-state index is 0.154. The van der Waals surface area contributed by atoms with Crippen molar-refractivity contribution in [1.29, 1.82) is 0 Å². The Kier molecular flexibility index (Phi) is 5.33. The van der Waals surface area contributed by atoms with E-state index in [0.29, 0.717) is 18.8 Å². The molecule has 0 aromatic heterocycles. The van der Waals surface area contributed by atoms with Crippen LogP contribution in [0.25, 0.3) is 10.8 Å². The molecule has 3 aromatic carbocycles. The van der Waals surface area contributed by atoms with Crippen LogP contribution >= 0.6 is 0 Å². The standard InChI is InChI=1S/C21H22N2O4S2/c24-28(25,21-11-8-17-6-2-3-7-18(17)16-21)22-19-9-12-20(13-10-19)29(26,27)23-14-4-1-5-15-23/h2-3,6-13,16,22H,1,4-5,14-15H2. The van der Waals surface area contributed by atoms with Crippen molar-refractivity contribution in [2.24, 2.45) is 0 Å². The second-order valence-corrected chi connectivity index (χ2v) is 10.7. The van der Waals surface area contributed by atoms with Gasteiger partial charge >= 0.3 is 0 Å². The number of nitrogens with zero attached hydrogens (tertiary/aromatic N) is 1. The summed E-state index contributed by atoms with van der Waals surface area (Å²) in [7, 11) is -7.33. The third-order valence-electron chi connectivity index (χ3n) is 5.09. The maximum Gasteiger partial charge on any atom is 0.261 e. The van der Waals surface area contributed by atoms with Crippen molar-refractivity contribution in [3.63, 3.8) is 0 Å². The number of piperidine rings is 1. The summed E-state index contributed by atoms with van der Waals surface area (Å²) in [5.74, 6) is 0. The van der Waals surface area contributed by atoms with Crippen LogP contribution in [0.15, 0.2) is 76.5 Å². The minimum atomic E-state index is -3.78. The SMILES string of the molecule is O=S(=O)(Nc1ccc(S(=O)(=O)N2CCCCC2)cc1)c1ccc2ccccc2c1. The van der Waals surface area contributed by atoms with Crippen molar-refractivity contribution in [3.8, 4) is 0 Å². The molecule has 8 heteroatoms. The Morgan fingerprint density at radius 3 is 2.00 bits per heavy atom. The van der Waals surface area contributed by atoms with Crippen molar-refractivity contribution in [2.75, 3.05) is 17.8 Å². The summed E-state index contributed by atoms with van der Waals surface area (Å²) in [4.78, 5) is 0.328. The average Bonchev–Trinajstić information content (AvgIpc) is 2.74. The van der Waals surface area contributed by atoms with Crippen LogP contribution in [-0.4, -0.2) is 34.2 Å². The normalized spacial score (nSPS) is 16.0. The van der Waals surface area contributed by atoms with E-state index in [-0.39, 0.29) is 9.79 Å². The molecule has 0 bridgehead atoms.